The molecule has 3 fully saturated rings. The van der Waals surface area contributed by atoms with Crippen LogP contribution in [0.2, 0.25) is 0 Å². The molecule has 1 spiro atoms. The molecule has 1 N–H and O–H groups in total. The average molecular weight is 434 g/mol. The van der Waals surface area contributed by atoms with Crippen LogP contribution >= 0.6 is 24.0 Å². The Bertz CT molecular complexity index is 474. The number of amides is 2. The summed E-state index contributed by atoms with van der Waals surface area (Å²) in [5.74, 6) is 0.825. The Morgan fingerprint density at radius 1 is 1.17 bits per heavy atom. The van der Waals surface area contributed by atoms with Crippen LogP contribution in [0.1, 0.15) is 44.9 Å². The van der Waals surface area contributed by atoms with E-state index in [1.165, 1.54) is 30.6 Å². The topological polar surface area (TPSA) is 65.0 Å². The maximum absolute atomic E-state index is 11.8. The summed E-state index contributed by atoms with van der Waals surface area (Å²) < 4.78 is 0. The molecule has 7 heteroatoms. The maximum atomic E-state index is 11.8. The van der Waals surface area contributed by atoms with Crippen molar-refractivity contribution in [2.24, 2.45) is 10.4 Å². The van der Waals surface area contributed by atoms with Crippen molar-refractivity contribution in [2.45, 2.75) is 44.9 Å². The number of carbonyl (C=O) groups excluding carboxylic acids is 2. The smallest absolute Gasteiger partial charge is 0.229 e. The lowest BCUT2D eigenvalue weighted by Crippen LogP contribution is -2.47. The van der Waals surface area contributed by atoms with Gasteiger partial charge in [-0.1, -0.05) is 6.42 Å². The van der Waals surface area contributed by atoms with E-state index in [1.807, 2.05) is 0 Å². The van der Waals surface area contributed by atoms with E-state index in [9.17, 15) is 9.59 Å². The van der Waals surface area contributed by atoms with E-state index >= 15 is 0 Å². The van der Waals surface area contributed by atoms with Gasteiger partial charge in [-0.05, 0) is 31.1 Å². The van der Waals surface area contributed by atoms with Gasteiger partial charge in [0.05, 0.1) is 0 Å². The molecule has 3 rings (SSSR count). The van der Waals surface area contributed by atoms with E-state index in [0.717, 1.165) is 19.0 Å². The lowest BCUT2D eigenvalue weighted by atomic mass is 9.68. The molecule has 3 aliphatic rings. The van der Waals surface area contributed by atoms with Crippen LogP contribution in [0.3, 0.4) is 0 Å². The third kappa shape index (κ3) is 3.97. The zero-order valence-corrected chi connectivity index (χ0v) is 16.2. The first-order chi connectivity index (χ1) is 10.6. The second-order valence-electron chi connectivity index (χ2n) is 6.79. The standard InChI is InChI=1S/C16H26N4O2.HI/c1-17-15(19-10-8-16(12-19)6-3-7-16)18-9-11-20-13(21)4-2-5-14(20)22;/h2-12H2,1H3,(H,17,18);1H. The zero-order chi connectivity index (χ0) is 15.6. The predicted molar refractivity (Wildman–Crippen MR) is 99.8 cm³/mol. The van der Waals surface area contributed by atoms with Gasteiger partial charge in [0.2, 0.25) is 11.8 Å². The average Bonchev–Trinajstić information content (AvgIpc) is 2.92. The van der Waals surface area contributed by atoms with E-state index in [0.29, 0.717) is 37.8 Å². The first-order valence-corrected chi connectivity index (χ1v) is 8.42. The Hall–Kier alpha value is -0.860. The first-order valence-electron chi connectivity index (χ1n) is 8.42. The first kappa shape index (κ1) is 18.5. The molecule has 130 valence electrons. The highest BCUT2D eigenvalue weighted by Gasteiger charge is 2.43. The van der Waals surface area contributed by atoms with Crippen LogP contribution in [0.5, 0.6) is 0 Å². The summed E-state index contributed by atoms with van der Waals surface area (Å²) in [4.78, 5) is 31.6. The third-order valence-corrected chi connectivity index (χ3v) is 5.37. The summed E-state index contributed by atoms with van der Waals surface area (Å²) >= 11 is 0. The molecule has 2 saturated heterocycles. The van der Waals surface area contributed by atoms with Crippen molar-refractivity contribution < 1.29 is 9.59 Å². The molecule has 0 bridgehead atoms. The molecule has 0 aromatic heterocycles. The molecule has 0 aromatic rings. The Morgan fingerprint density at radius 2 is 1.87 bits per heavy atom. The number of piperidine rings is 1. The van der Waals surface area contributed by atoms with Crippen LogP contribution in [-0.2, 0) is 9.59 Å². The minimum Gasteiger partial charge on any atom is -0.354 e. The number of guanidine groups is 1. The summed E-state index contributed by atoms with van der Waals surface area (Å²) in [5.41, 5.74) is 0.538. The minimum atomic E-state index is -0.0392. The SMILES string of the molecule is CN=C(NCCN1C(=O)CCCC1=O)N1CCC2(CCC2)C1.I. The quantitative estimate of drug-likeness (QED) is 0.317. The molecule has 1 saturated carbocycles. The molecule has 2 amide bonds. The monoisotopic (exact) mass is 434 g/mol. The Balaban J connectivity index is 0.00000192. The Kier molecular flexibility index (Phi) is 6.27. The van der Waals surface area contributed by atoms with Crippen molar-refractivity contribution >= 4 is 41.8 Å². The van der Waals surface area contributed by atoms with E-state index in [4.69, 9.17) is 0 Å². The second-order valence-corrected chi connectivity index (χ2v) is 6.79. The van der Waals surface area contributed by atoms with Crippen molar-refractivity contribution in [2.75, 3.05) is 33.2 Å². The fourth-order valence-corrected chi connectivity index (χ4v) is 3.86. The van der Waals surface area contributed by atoms with Crippen molar-refractivity contribution in [3.63, 3.8) is 0 Å². The summed E-state index contributed by atoms with van der Waals surface area (Å²) in [7, 11) is 1.80. The van der Waals surface area contributed by atoms with Gasteiger partial charge in [0, 0.05) is 46.1 Å². The molecule has 23 heavy (non-hydrogen) atoms. The molecule has 0 radical (unpaired) electrons. The molecule has 2 heterocycles. The van der Waals surface area contributed by atoms with Gasteiger partial charge in [0.25, 0.3) is 0 Å². The normalized spacial score (nSPS) is 23.8. The minimum absolute atomic E-state index is 0. The predicted octanol–water partition coefficient (Wildman–Crippen LogP) is 1.59. The number of nitrogens with one attached hydrogen (secondary N) is 1. The van der Waals surface area contributed by atoms with Gasteiger partial charge < -0.3 is 10.2 Å². The largest absolute Gasteiger partial charge is 0.354 e. The summed E-state index contributed by atoms with van der Waals surface area (Å²) in [6.45, 7) is 3.17. The van der Waals surface area contributed by atoms with Crippen molar-refractivity contribution in [3.05, 3.63) is 0 Å². The van der Waals surface area contributed by atoms with E-state index in [1.54, 1.807) is 7.05 Å². The molecule has 2 aliphatic heterocycles. The van der Waals surface area contributed by atoms with Crippen molar-refractivity contribution in [1.29, 1.82) is 0 Å². The molecular weight excluding hydrogens is 407 g/mol. The van der Waals surface area contributed by atoms with E-state index in [-0.39, 0.29) is 35.8 Å². The number of nitrogens with zero attached hydrogens (tertiary/aromatic N) is 3. The van der Waals surface area contributed by atoms with Crippen LogP contribution < -0.4 is 5.32 Å². The fraction of sp³-hybridized carbons (Fsp3) is 0.812. The summed E-state index contributed by atoms with van der Waals surface area (Å²) in [6, 6.07) is 0. The van der Waals surface area contributed by atoms with Crippen molar-refractivity contribution in [3.8, 4) is 0 Å². The molecule has 0 unspecified atom stereocenters. The highest BCUT2D eigenvalue weighted by molar-refractivity contribution is 14.0. The number of carbonyl (C=O) groups is 2. The number of halogens is 1. The number of hydrogen-bond acceptors (Lipinski definition) is 3. The Morgan fingerprint density at radius 3 is 2.39 bits per heavy atom. The number of likely N-dealkylation sites (tertiary alicyclic amines) is 2. The van der Waals surface area contributed by atoms with Gasteiger partial charge in [-0.25, -0.2) is 0 Å². The third-order valence-electron chi connectivity index (χ3n) is 5.37. The number of imide groups is 1. The van der Waals surface area contributed by atoms with Gasteiger partial charge in [-0.15, -0.1) is 24.0 Å². The van der Waals surface area contributed by atoms with Crippen LogP contribution in [-0.4, -0.2) is 60.8 Å². The number of aliphatic imine (C=N–C) groups is 1. The van der Waals surface area contributed by atoms with Gasteiger partial charge in [0.1, 0.15) is 0 Å². The van der Waals surface area contributed by atoms with E-state index in [2.05, 4.69) is 15.2 Å². The Labute approximate surface area is 155 Å². The van der Waals surface area contributed by atoms with Gasteiger partial charge in [-0.3, -0.25) is 19.5 Å². The maximum Gasteiger partial charge on any atom is 0.229 e. The van der Waals surface area contributed by atoms with Crippen LogP contribution in [0.15, 0.2) is 4.99 Å². The van der Waals surface area contributed by atoms with Gasteiger partial charge >= 0.3 is 0 Å². The number of hydrogen-bond donors (Lipinski definition) is 1. The highest BCUT2D eigenvalue weighted by Crippen LogP contribution is 2.47. The molecule has 1 aliphatic carbocycles. The number of rotatable bonds is 3. The van der Waals surface area contributed by atoms with Gasteiger partial charge in [-0.2, -0.15) is 0 Å². The molecule has 0 aromatic carbocycles. The summed E-state index contributed by atoms with van der Waals surface area (Å²) in [6.07, 6.45) is 6.99. The van der Waals surface area contributed by atoms with Crippen LogP contribution in [0, 0.1) is 5.41 Å². The fourth-order valence-electron chi connectivity index (χ4n) is 3.86. The lowest BCUT2D eigenvalue weighted by molar-refractivity contribution is -0.147. The highest BCUT2D eigenvalue weighted by atomic mass is 127. The second kappa shape index (κ2) is 7.81. The lowest BCUT2D eigenvalue weighted by Gasteiger charge is -2.38. The van der Waals surface area contributed by atoms with Crippen LogP contribution in [0.4, 0.5) is 0 Å². The molecule has 0 atom stereocenters. The van der Waals surface area contributed by atoms with E-state index < -0.39 is 0 Å². The molecule has 6 nitrogen and oxygen atoms in total. The zero-order valence-electron chi connectivity index (χ0n) is 13.8. The van der Waals surface area contributed by atoms with Gasteiger partial charge in [0.15, 0.2) is 5.96 Å². The summed E-state index contributed by atoms with van der Waals surface area (Å²) in [5, 5.41) is 3.32. The molecular formula is C16H27IN4O2. The van der Waals surface area contributed by atoms with Crippen molar-refractivity contribution in [1.82, 2.24) is 15.1 Å². The van der Waals surface area contributed by atoms with Crippen LogP contribution in [0.25, 0.3) is 0 Å².